The normalized spacial score (nSPS) is 12.8. The monoisotopic (exact) mass is 1010 g/mol. The summed E-state index contributed by atoms with van der Waals surface area (Å²) in [6.07, 6.45) is 77.3. The van der Waals surface area contributed by atoms with Gasteiger partial charge in [0, 0.05) is 12.8 Å². The van der Waals surface area contributed by atoms with Gasteiger partial charge in [-0.1, -0.05) is 281 Å². The predicted octanol–water partition coefficient (Wildman–Crippen LogP) is 20.4. The third-order valence-electron chi connectivity index (χ3n) is 14.9. The molecule has 0 aromatic carbocycles. The molecule has 0 bridgehead atoms. The lowest BCUT2D eigenvalue weighted by Crippen LogP contribution is -2.45. The van der Waals surface area contributed by atoms with Crippen molar-refractivity contribution >= 4 is 11.9 Å². The second kappa shape index (κ2) is 61.6. The zero-order chi connectivity index (χ0) is 52.2. The van der Waals surface area contributed by atoms with Gasteiger partial charge in [0.2, 0.25) is 5.91 Å². The molecule has 6 heteroatoms. The van der Waals surface area contributed by atoms with Crippen LogP contribution in [0.1, 0.15) is 348 Å². The third kappa shape index (κ3) is 57.4. The molecule has 0 aliphatic heterocycles. The van der Waals surface area contributed by atoms with Crippen molar-refractivity contribution in [2.45, 2.75) is 360 Å². The van der Waals surface area contributed by atoms with Crippen molar-refractivity contribution in [1.29, 1.82) is 0 Å². The van der Waals surface area contributed by atoms with Gasteiger partial charge in [-0.15, -0.1) is 0 Å². The molecule has 72 heavy (non-hydrogen) atoms. The molecule has 3 N–H and O–H groups in total. The van der Waals surface area contributed by atoms with E-state index in [2.05, 4.69) is 55.6 Å². The molecule has 6 nitrogen and oxygen atoms in total. The zero-order valence-electron chi connectivity index (χ0n) is 48.4. The minimum absolute atomic E-state index is 0.0234. The maximum Gasteiger partial charge on any atom is 0.305 e. The summed E-state index contributed by atoms with van der Waals surface area (Å²) in [4.78, 5) is 24.6. The van der Waals surface area contributed by atoms with Crippen molar-refractivity contribution in [3.05, 3.63) is 36.5 Å². The van der Waals surface area contributed by atoms with Gasteiger partial charge in [-0.2, -0.15) is 0 Å². The van der Waals surface area contributed by atoms with Crippen molar-refractivity contribution in [2.24, 2.45) is 0 Å². The van der Waals surface area contributed by atoms with E-state index in [1.54, 1.807) is 0 Å². The van der Waals surface area contributed by atoms with Gasteiger partial charge in [-0.05, 0) is 89.9 Å². The second-order valence-corrected chi connectivity index (χ2v) is 22.1. The fourth-order valence-corrected chi connectivity index (χ4v) is 9.96. The van der Waals surface area contributed by atoms with Gasteiger partial charge in [0.05, 0.1) is 25.4 Å². The largest absolute Gasteiger partial charge is 0.466 e. The van der Waals surface area contributed by atoms with E-state index in [-0.39, 0.29) is 18.5 Å². The summed E-state index contributed by atoms with van der Waals surface area (Å²) in [7, 11) is 0. The molecule has 0 aliphatic carbocycles. The van der Waals surface area contributed by atoms with Gasteiger partial charge < -0.3 is 20.3 Å². The number of rotatable bonds is 60. The Bertz CT molecular complexity index is 1170. The number of ether oxygens (including phenoxy) is 1. The minimum atomic E-state index is -0.677. The van der Waals surface area contributed by atoms with Crippen LogP contribution in [0, 0.1) is 0 Å². The number of amides is 1. The number of carbonyl (C=O) groups excluding carboxylic acids is 2. The minimum Gasteiger partial charge on any atom is -0.466 e. The van der Waals surface area contributed by atoms with Crippen LogP contribution in [0.25, 0.3) is 0 Å². The number of unbranched alkanes of at least 4 members (excludes halogenated alkanes) is 43. The van der Waals surface area contributed by atoms with Gasteiger partial charge in [0.1, 0.15) is 0 Å². The number of aliphatic hydroxyl groups excluding tert-OH is 2. The Morgan fingerprint density at radius 2 is 0.694 bits per heavy atom. The van der Waals surface area contributed by atoms with Crippen LogP contribution in [0.4, 0.5) is 0 Å². The number of nitrogens with one attached hydrogen (secondary N) is 1. The van der Waals surface area contributed by atoms with Crippen LogP contribution in [0.5, 0.6) is 0 Å². The zero-order valence-corrected chi connectivity index (χ0v) is 48.4. The molecule has 1 amide bonds. The molecule has 0 spiro atoms. The molecule has 2 atom stereocenters. The molecule has 0 saturated heterocycles. The molecule has 2 unspecified atom stereocenters. The fourth-order valence-electron chi connectivity index (χ4n) is 9.96. The fraction of sp³-hybridized carbons (Fsp3) is 0.879. The number of carbonyl (C=O) groups is 2. The summed E-state index contributed by atoms with van der Waals surface area (Å²) in [5.74, 6) is -0.0716. The van der Waals surface area contributed by atoms with Crippen LogP contribution in [0.3, 0.4) is 0 Å². The first-order valence-electron chi connectivity index (χ1n) is 32.2. The lowest BCUT2D eigenvalue weighted by Gasteiger charge is -2.22. The maximum atomic E-state index is 12.5. The topological polar surface area (TPSA) is 95.9 Å². The van der Waals surface area contributed by atoms with Gasteiger partial charge >= 0.3 is 5.97 Å². The Kier molecular flexibility index (Phi) is 60.0. The molecule has 0 fully saturated rings. The molecule has 0 heterocycles. The highest BCUT2D eigenvalue weighted by Gasteiger charge is 2.20. The highest BCUT2D eigenvalue weighted by atomic mass is 16.5. The van der Waals surface area contributed by atoms with Crippen molar-refractivity contribution < 1.29 is 24.5 Å². The standard InChI is InChI=1S/C66H125NO5/c1-3-5-7-9-11-13-15-17-19-20-21-22-23-24-25-26-28-31-34-38-42-46-50-54-58-64(69)63(62-68)67-65(70)59-55-51-47-43-39-35-32-29-27-30-33-37-41-45-49-53-57-61-72-66(71)60-56-52-48-44-40-36-18-16-14-12-10-8-6-4-2/h16,18,27,30,37,41,63-64,68-69H,3-15,17,19-26,28-29,31-36,38-40,42-62H2,1-2H3,(H,67,70)/b18-16-,30-27-,41-37-. The SMILES string of the molecule is CCCCCCC/C=C\CCCCCCCC(=O)OCCCCC/C=C\C/C=C\CCCCCCCCCC(=O)NC(CO)C(O)CCCCCCCCCCCCCCCCCCCCCCCCCC. The molecule has 0 aromatic heterocycles. The van der Waals surface area contributed by atoms with Crippen molar-refractivity contribution in [3.8, 4) is 0 Å². The van der Waals surface area contributed by atoms with E-state index in [4.69, 9.17) is 4.74 Å². The van der Waals surface area contributed by atoms with Crippen molar-refractivity contribution in [3.63, 3.8) is 0 Å². The summed E-state index contributed by atoms with van der Waals surface area (Å²) in [6.45, 7) is 4.92. The Hall–Kier alpha value is -1.92. The van der Waals surface area contributed by atoms with Crippen molar-refractivity contribution in [2.75, 3.05) is 13.2 Å². The molecule has 0 aromatic rings. The number of aliphatic hydroxyl groups is 2. The van der Waals surface area contributed by atoms with Gasteiger partial charge in [-0.25, -0.2) is 0 Å². The molecule has 0 rings (SSSR count). The molecule has 0 radical (unpaired) electrons. The van der Waals surface area contributed by atoms with E-state index in [0.717, 1.165) is 83.5 Å². The lowest BCUT2D eigenvalue weighted by atomic mass is 10.0. The van der Waals surface area contributed by atoms with E-state index in [1.807, 2.05) is 0 Å². The van der Waals surface area contributed by atoms with Crippen molar-refractivity contribution in [1.82, 2.24) is 5.32 Å². The van der Waals surface area contributed by atoms with Crippen LogP contribution < -0.4 is 5.32 Å². The van der Waals surface area contributed by atoms with E-state index < -0.39 is 12.1 Å². The van der Waals surface area contributed by atoms with Crippen LogP contribution in [-0.2, 0) is 14.3 Å². The van der Waals surface area contributed by atoms with Gasteiger partial charge in [0.25, 0.3) is 0 Å². The average molecular weight is 1010 g/mol. The first kappa shape index (κ1) is 70.1. The highest BCUT2D eigenvalue weighted by Crippen LogP contribution is 2.18. The number of allylic oxidation sites excluding steroid dienone is 6. The molecule has 424 valence electrons. The summed E-state index contributed by atoms with van der Waals surface area (Å²) in [5, 5.41) is 23.4. The number of hydrogen-bond donors (Lipinski definition) is 3. The van der Waals surface area contributed by atoms with Crippen LogP contribution >= 0.6 is 0 Å². The summed E-state index contributed by atoms with van der Waals surface area (Å²) >= 11 is 0. The summed E-state index contributed by atoms with van der Waals surface area (Å²) in [5.41, 5.74) is 0. The van der Waals surface area contributed by atoms with E-state index in [0.29, 0.717) is 25.9 Å². The number of hydrogen-bond acceptors (Lipinski definition) is 5. The highest BCUT2D eigenvalue weighted by molar-refractivity contribution is 5.76. The maximum absolute atomic E-state index is 12.5. The lowest BCUT2D eigenvalue weighted by molar-refractivity contribution is -0.143. The summed E-state index contributed by atoms with van der Waals surface area (Å²) in [6, 6.07) is -0.556. The Morgan fingerprint density at radius 3 is 1.07 bits per heavy atom. The van der Waals surface area contributed by atoms with Crippen LogP contribution in [0.15, 0.2) is 36.5 Å². The second-order valence-electron chi connectivity index (χ2n) is 22.1. The molecule has 0 saturated carbocycles. The first-order chi connectivity index (χ1) is 35.5. The number of esters is 1. The Balaban J connectivity index is 3.49. The van der Waals surface area contributed by atoms with E-state index in [1.165, 1.54) is 231 Å². The Labute approximate surface area is 449 Å². The molecular formula is C66H125NO5. The van der Waals surface area contributed by atoms with Crippen LogP contribution in [0.2, 0.25) is 0 Å². The predicted molar refractivity (Wildman–Crippen MR) is 315 cm³/mol. The smallest absolute Gasteiger partial charge is 0.305 e. The average Bonchev–Trinajstić information content (AvgIpc) is 3.38. The van der Waals surface area contributed by atoms with E-state index in [9.17, 15) is 19.8 Å². The van der Waals surface area contributed by atoms with Gasteiger partial charge in [-0.3, -0.25) is 9.59 Å². The molecular weight excluding hydrogens is 887 g/mol. The van der Waals surface area contributed by atoms with Crippen LogP contribution in [-0.4, -0.2) is 47.4 Å². The Morgan fingerprint density at radius 1 is 0.389 bits per heavy atom. The van der Waals surface area contributed by atoms with E-state index >= 15 is 0 Å². The molecule has 0 aliphatic rings. The summed E-state index contributed by atoms with van der Waals surface area (Å²) < 4.78 is 5.45. The van der Waals surface area contributed by atoms with Gasteiger partial charge in [0.15, 0.2) is 0 Å². The first-order valence-corrected chi connectivity index (χ1v) is 32.2. The quantitative estimate of drug-likeness (QED) is 0.0320. The third-order valence-corrected chi connectivity index (χ3v) is 14.9.